The molecule has 4 heteroatoms. The van der Waals surface area contributed by atoms with Crippen LogP contribution in [0.1, 0.15) is 65.7 Å². The average molecular weight is 297 g/mol. The fraction of sp³-hybridized carbons (Fsp3) is 0.941. The Kier molecular flexibility index (Phi) is 6.06. The van der Waals surface area contributed by atoms with Gasteiger partial charge >= 0.3 is 5.97 Å². The van der Waals surface area contributed by atoms with Gasteiger partial charge in [-0.05, 0) is 51.9 Å². The monoisotopic (exact) mass is 297 g/mol. The maximum Gasteiger partial charge on any atom is 0.326 e. The summed E-state index contributed by atoms with van der Waals surface area (Å²) in [5.74, 6) is 0.627. The van der Waals surface area contributed by atoms with Crippen LogP contribution in [0.4, 0.5) is 0 Å². The fourth-order valence-corrected chi connectivity index (χ4v) is 3.16. The molecule has 21 heavy (non-hydrogen) atoms. The number of hydrogen-bond acceptors (Lipinski definition) is 4. The van der Waals surface area contributed by atoms with Crippen LogP contribution in [0.3, 0.4) is 0 Å². The summed E-state index contributed by atoms with van der Waals surface area (Å²) in [6.45, 7) is 7.17. The normalized spacial score (nSPS) is 28.9. The first-order valence-corrected chi connectivity index (χ1v) is 8.60. The van der Waals surface area contributed by atoms with Gasteiger partial charge in [0.05, 0.1) is 12.7 Å². The van der Waals surface area contributed by atoms with E-state index in [4.69, 9.17) is 9.47 Å². The zero-order valence-corrected chi connectivity index (χ0v) is 13.8. The van der Waals surface area contributed by atoms with Crippen molar-refractivity contribution in [2.75, 3.05) is 13.2 Å². The summed E-state index contributed by atoms with van der Waals surface area (Å²) in [7, 11) is 0. The summed E-state index contributed by atoms with van der Waals surface area (Å²) in [6, 6.07) is 0.481. The first-order chi connectivity index (χ1) is 10.0. The molecule has 0 aromatic carbocycles. The second kappa shape index (κ2) is 7.59. The van der Waals surface area contributed by atoms with E-state index in [0.717, 1.165) is 31.6 Å². The molecule has 0 amide bonds. The molecular weight excluding hydrogens is 266 g/mol. The van der Waals surface area contributed by atoms with E-state index in [1.807, 2.05) is 13.8 Å². The van der Waals surface area contributed by atoms with Crippen LogP contribution in [0.15, 0.2) is 0 Å². The predicted molar refractivity (Wildman–Crippen MR) is 83.2 cm³/mol. The van der Waals surface area contributed by atoms with Crippen LogP contribution in [-0.4, -0.2) is 36.9 Å². The molecule has 2 rings (SSSR count). The molecule has 3 unspecified atom stereocenters. The molecule has 2 aliphatic carbocycles. The largest absolute Gasteiger partial charge is 0.465 e. The lowest BCUT2D eigenvalue weighted by Gasteiger charge is -2.31. The van der Waals surface area contributed by atoms with Crippen LogP contribution in [-0.2, 0) is 14.3 Å². The zero-order valence-electron chi connectivity index (χ0n) is 13.8. The highest BCUT2D eigenvalue weighted by Crippen LogP contribution is 2.28. The molecule has 0 heterocycles. The van der Waals surface area contributed by atoms with Crippen LogP contribution < -0.4 is 5.32 Å². The van der Waals surface area contributed by atoms with Gasteiger partial charge in [-0.2, -0.15) is 0 Å². The van der Waals surface area contributed by atoms with E-state index in [1.165, 1.54) is 12.8 Å². The van der Waals surface area contributed by atoms with Crippen molar-refractivity contribution >= 4 is 5.97 Å². The summed E-state index contributed by atoms with van der Waals surface area (Å²) in [5.41, 5.74) is -0.600. The molecule has 0 bridgehead atoms. The second-order valence-corrected chi connectivity index (χ2v) is 6.99. The zero-order chi connectivity index (χ0) is 15.3. The third-order valence-electron chi connectivity index (χ3n) is 4.67. The molecule has 122 valence electrons. The van der Waals surface area contributed by atoms with Gasteiger partial charge in [0.2, 0.25) is 0 Å². The molecule has 2 fully saturated rings. The van der Waals surface area contributed by atoms with Crippen LogP contribution in [0.2, 0.25) is 0 Å². The lowest BCUT2D eigenvalue weighted by molar-refractivity contribution is -0.151. The minimum Gasteiger partial charge on any atom is -0.465 e. The molecule has 0 aliphatic heterocycles. The molecule has 0 aromatic heterocycles. The van der Waals surface area contributed by atoms with Crippen molar-refractivity contribution in [2.45, 2.75) is 83.4 Å². The highest BCUT2D eigenvalue weighted by molar-refractivity contribution is 5.80. The smallest absolute Gasteiger partial charge is 0.326 e. The average Bonchev–Trinajstić information content (AvgIpc) is 3.23. The molecule has 3 atom stereocenters. The Morgan fingerprint density at radius 1 is 1.29 bits per heavy atom. The first kappa shape index (κ1) is 16.8. The molecule has 0 aromatic rings. The third-order valence-corrected chi connectivity index (χ3v) is 4.67. The van der Waals surface area contributed by atoms with Crippen molar-refractivity contribution in [1.29, 1.82) is 0 Å². The van der Waals surface area contributed by atoms with E-state index in [0.29, 0.717) is 31.8 Å². The topological polar surface area (TPSA) is 47.6 Å². The number of carbonyl (C=O) groups is 1. The van der Waals surface area contributed by atoms with Crippen molar-refractivity contribution in [3.05, 3.63) is 0 Å². The molecule has 0 spiro atoms. The van der Waals surface area contributed by atoms with Gasteiger partial charge in [0.15, 0.2) is 0 Å². The van der Waals surface area contributed by atoms with Gasteiger partial charge in [0.25, 0.3) is 0 Å². The van der Waals surface area contributed by atoms with Gasteiger partial charge in [0.1, 0.15) is 5.54 Å². The Morgan fingerprint density at radius 3 is 2.67 bits per heavy atom. The Bertz CT molecular complexity index is 343. The SMILES string of the molecule is CCOC(=O)C(C)(CCOC1CCCC(C)C1)NC1CC1. The van der Waals surface area contributed by atoms with Crippen LogP contribution in [0.25, 0.3) is 0 Å². The molecule has 0 saturated heterocycles. The standard InChI is InChI=1S/C17H31NO3/c1-4-20-16(19)17(3,18-14-8-9-14)10-11-21-15-7-5-6-13(2)12-15/h13-15,18H,4-12H2,1-3H3. The summed E-state index contributed by atoms with van der Waals surface area (Å²) >= 11 is 0. The van der Waals surface area contributed by atoms with Crippen molar-refractivity contribution in [1.82, 2.24) is 5.32 Å². The molecule has 1 N–H and O–H groups in total. The Balaban J connectivity index is 1.79. The molecule has 2 aliphatic rings. The van der Waals surface area contributed by atoms with E-state index in [9.17, 15) is 4.79 Å². The minimum atomic E-state index is -0.600. The van der Waals surface area contributed by atoms with E-state index in [2.05, 4.69) is 12.2 Å². The number of hydrogen-bond donors (Lipinski definition) is 1. The summed E-state index contributed by atoms with van der Waals surface area (Å²) < 4.78 is 11.3. The van der Waals surface area contributed by atoms with Crippen molar-refractivity contribution in [3.8, 4) is 0 Å². The van der Waals surface area contributed by atoms with E-state index in [-0.39, 0.29) is 5.97 Å². The molecular formula is C17H31NO3. The minimum absolute atomic E-state index is 0.141. The lowest BCUT2D eigenvalue weighted by Crippen LogP contribution is -2.52. The molecule has 4 nitrogen and oxygen atoms in total. The lowest BCUT2D eigenvalue weighted by atomic mass is 9.88. The van der Waals surface area contributed by atoms with Gasteiger partial charge in [-0.1, -0.05) is 19.8 Å². The van der Waals surface area contributed by atoms with Gasteiger partial charge in [-0.15, -0.1) is 0 Å². The van der Waals surface area contributed by atoms with Crippen LogP contribution in [0, 0.1) is 5.92 Å². The second-order valence-electron chi connectivity index (χ2n) is 6.99. The highest BCUT2D eigenvalue weighted by Gasteiger charge is 2.39. The maximum absolute atomic E-state index is 12.2. The quantitative estimate of drug-likeness (QED) is 0.700. The molecule has 2 saturated carbocycles. The van der Waals surface area contributed by atoms with Crippen molar-refractivity contribution in [2.24, 2.45) is 5.92 Å². The van der Waals surface area contributed by atoms with Crippen molar-refractivity contribution in [3.63, 3.8) is 0 Å². The maximum atomic E-state index is 12.2. The van der Waals surface area contributed by atoms with Gasteiger partial charge in [-0.25, -0.2) is 0 Å². The van der Waals surface area contributed by atoms with E-state index in [1.54, 1.807) is 0 Å². The van der Waals surface area contributed by atoms with Crippen molar-refractivity contribution < 1.29 is 14.3 Å². The number of rotatable bonds is 8. The summed E-state index contributed by atoms with van der Waals surface area (Å²) in [5, 5.41) is 3.44. The van der Waals surface area contributed by atoms with E-state index >= 15 is 0 Å². The number of esters is 1. The fourth-order valence-electron chi connectivity index (χ4n) is 3.16. The van der Waals surface area contributed by atoms with Gasteiger partial charge in [-0.3, -0.25) is 10.1 Å². The highest BCUT2D eigenvalue weighted by atomic mass is 16.5. The van der Waals surface area contributed by atoms with Gasteiger partial charge in [0, 0.05) is 12.6 Å². The predicted octanol–water partition coefficient (Wildman–Crippen LogP) is 3.05. The first-order valence-electron chi connectivity index (χ1n) is 8.60. The summed E-state index contributed by atoms with van der Waals surface area (Å²) in [6.07, 6.45) is 8.30. The Labute approximate surface area is 129 Å². The summed E-state index contributed by atoms with van der Waals surface area (Å²) in [4.78, 5) is 12.2. The number of nitrogens with one attached hydrogen (secondary N) is 1. The van der Waals surface area contributed by atoms with Gasteiger partial charge < -0.3 is 9.47 Å². The van der Waals surface area contributed by atoms with Crippen LogP contribution >= 0.6 is 0 Å². The van der Waals surface area contributed by atoms with E-state index < -0.39 is 5.54 Å². The third kappa shape index (κ3) is 5.26. The Hall–Kier alpha value is -0.610. The Morgan fingerprint density at radius 2 is 2.05 bits per heavy atom. The van der Waals surface area contributed by atoms with Crippen LogP contribution in [0.5, 0.6) is 0 Å². The molecule has 0 radical (unpaired) electrons. The number of ether oxygens (including phenoxy) is 2. The number of carbonyl (C=O) groups excluding carboxylic acids is 1.